The second kappa shape index (κ2) is 11.0. The van der Waals surface area contributed by atoms with E-state index in [0.29, 0.717) is 28.3 Å². The molecular weight excluding hydrogens is 485 g/mol. The van der Waals surface area contributed by atoms with Gasteiger partial charge in [0, 0.05) is 22.2 Å². The molecular formula is C26H22FN3O5S. The van der Waals surface area contributed by atoms with Gasteiger partial charge in [-0.05, 0) is 55.8 Å². The molecule has 0 saturated carbocycles. The van der Waals surface area contributed by atoms with Gasteiger partial charge in [0.15, 0.2) is 5.76 Å². The number of benzene rings is 2. The van der Waals surface area contributed by atoms with Crippen LogP contribution < -0.4 is 5.32 Å². The minimum atomic E-state index is -0.905. The second-order valence-corrected chi connectivity index (χ2v) is 8.96. The van der Waals surface area contributed by atoms with E-state index < -0.39 is 24.0 Å². The fourth-order valence-corrected chi connectivity index (χ4v) is 4.18. The summed E-state index contributed by atoms with van der Waals surface area (Å²) >= 11 is 1.42. The molecule has 0 aliphatic heterocycles. The van der Waals surface area contributed by atoms with Crippen molar-refractivity contribution >= 4 is 29.5 Å². The number of carboxylic acids is 1. The van der Waals surface area contributed by atoms with Gasteiger partial charge in [-0.15, -0.1) is 0 Å². The van der Waals surface area contributed by atoms with Crippen LogP contribution in [-0.4, -0.2) is 27.3 Å². The Bertz CT molecular complexity index is 1370. The number of carbonyl (C=O) groups excluding carboxylic acids is 1. The predicted octanol–water partition coefficient (Wildman–Crippen LogP) is 6.27. The van der Waals surface area contributed by atoms with Gasteiger partial charge in [0.1, 0.15) is 28.3 Å². The topological polar surface area (TPSA) is 115 Å². The molecule has 8 nitrogen and oxygen atoms in total. The van der Waals surface area contributed by atoms with Crippen molar-refractivity contribution in [3.8, 4) is 11.3 Å². The number of pyridine rings is 1. The Morgan fingerprint density at radius 3 is 2.56 bits per heavy atom. The highest BCUT2D eigenvalue weighted by molar-refractivity contribution is 7.99. The molecule has 4 aromatic rings. The number of aryl methyl sites for hydroxylation is 1. The summed E-state index contributed by atoms with van der Waals surface area (Å²) in [7, 11) is 0. The van der Waals surface area contributed by atoms with E-state index in [-0.39, 0.29) is 12.0 Å². The van der Waals surface area contributed by atoms with E-state index in [2.05, 4.69) is 15.5 Å². The lowest BCUT2D eigenvalue weighted by Crippen LogP contribution is -2.17. The summed E-state index contributed by atoms with van der Waals surface area (Å²) in [5, 5.41) is 16.2. The molecule has 2 aromatic carbocycles. The van der Waals surface area contributed by atoms with Crippen molar-refractivity contribution in [3.63, 3.8) is 0 Å². The molecule has 1 unspecified atom stereocenters. The molecule has 10 heteroatoms. The molecule has 1 amide bonds. The summed E-state index contributed by atoms with van der Waals surface area (Å²) in [6, 6.07) is 17.0. The predicted molar refractivity (Wildman–Crippen MR) is 131 cm³/mol. The van der Waals surface area contributed by atoms with Crippen LogP contribution in [0.25, 0.3) is 11.3 Å². The number of aromatic nitrogens is 2. The lowest BCUT2D eigenvalue weighted by molar-refractivity contribution is -0.136. The number of aliphatic carboxylic acids is 1. The number of carbonyl (C=O) groups is 2. The zero-order chi connectivity index (χ0) is 25.7. The minimum absolute atomic E-state index is 0.0742. The molecule has 0 aliphatic carbocycles. The van der Waals surface area contributed by atoms with Crippen LogP contribution >= 0.6 is 11.8 Å². The Labute approximate surface area is 210 Å². The Hall–Kier alpha value is -4.18. The van der Waals surface area contributed by atoms with E-state index in [1.54, 1.807) is 50.4 Å². The van der Waals surface area contributed by atoms with Gasteiger partial charge in [0.25, 0.3) is 0 Å². The highest BCUT2D eigenvalue weighted by atomic mass is 32.2. The Balaban J connectivity index is 1.43. The van der Waals surface area contributed by atoms with Crippen molar-refractivity contribution in [2.24, 2.45) is 0 Å². The third kappa shape index (κ3) is 6.08. The number of amides is 1. The average molecular weight is 508 g/mol. The van der Waals surface area contributed by atoms with Gasteiger partial charge in [0.2, 0.25) is 0 Å². The van der Waals surface area contributed by atoms with E-state index in [0.717, 1.165) is 9.92 Å². The number of nitrogens with one attached hydrogen (secondary N) is 1. The molecule has 1 atom stereocenters. The first kappa shape index (κ1) is 24.9. The van der Waals surface area contributed by atoms with E-state index in [1.807, 2.05) is 24.3 Å². The van der Waals surface area contributed by atoms with Crippen LogP contribution in [0, 0.1) is 12.7 Å². The number of ether oxygens (including phenoxy) is 1. The van der Waals surface area contributed by atoms with Crippen LogP contribution in [-0.2, 0) is 16.0 Å². The van der Waals surface area contributed by atoms with Gasteiger partial charge in [-0.25, -0.2) is 14.2 Å². The third-order valence-electron chi connectivity index (χ3n) is 5.21. The van der Waals surface area contributed by atoms with Crippen molar-refractivity contribution in [2.45, 2.75) is 36.3 Å². The maximum absolute atomic E-state index is 14.0. The van der Waals surface area contributed by atoms with Gasteiger partial charge in [-0.2, -0.15) is 0 Å². The number of anilines is 1. The van der Waals surface area contributed by atoms with Crippen LogP contribution in [0.2, 0.25) is 0 Å². The van der Waals surface area contributed by atoms with Gasteiger partial charge >= 0.3 is 12.1 Å². The van der Waals surface area contributed by atoms with Crippen molar-refractivity contribution < 1.29 is 28.3 Å². The van der Waals surface area contributed by atoms with Crippen LogP contribution in [0.5, 0.6) is 0 Å². The van der Waals surface area contributed by atoms with E-state index in [9.17, 15) is 14.0 Å². The number of halogens is 1. The number of carboxylic acid groups (broad SMARTS) is 1. The quantitative estimate of drug-likeness (QED) is 0.287. The maximum atomic E-state index is 14.0. The van der Waals surface area contributed by atoms with Crippen LogP contribution in [0.4, 0.5) is 14.9 Å². The molecule has 0 fully saturated rings. The lowest BCUT2D eigenvalue weighted by Gasteiger charge is -2.15. The largest absolute Gasteiger partial charge is 0.481 e. The van der Waals surface area contributed by atoms with Crippen molar-refractivity contribution in [1.29, 1.82) is 0 Å². The van der Waals surface area contributed by atoms with Crippen LogP contribution in [0.1, 0.15) is 29.8 Å². The minimum Gasteiger partial charge on any atom is -0.481 e. The number of hydrogen-bond acceptors (Lipinski definition) is 7. The first-order valence-electron chi connectivity index (χ1n) is 10.9. The van der Waals surface area contributed by atoms with E-state index >= 15 is 0 Å². The average Bonchev–Trinajstić information content (AvgIpc) is 3.20. The molecule has 36 heavy (non-hydrogen) atoms. The third-order valence-corrected chi connectivity index (χ3v) is 6.17. The molecule has 2 N–H and O–H groups in total. The van der Waals surface area contributed by atoms with Crippen molar-refractivity contribution in [1.82, 2.24) is 10.1 Å². The fourth-order valence-electron chi connectivity index (χ4n) is 3.42. The normalized spacial score (nSPS) is 11.6. The SMILES string of the molecule is Cc1noc(-c2ccc(Sc3ccc(CC(=O)O)cn3)cc2)c1NC(=O)OC(C)c1ccccc1F. The molecule has 2 aromatic heterocycles. The second-order valence-electron chi connectivity index (χ2n) is 7.87. The number of hydrogen-bond donors (Lipinski definition) is 2. The van der Waals surface area contributed by atoms with E-state index in [4.69, 9.17) is 14.4 Å². The first-order valence-corrected chi connectivity index (χ1v) is 11.7. The first-order chi connectivity index (χ1) is 17.3. The van der Waals surface area contributed by atoms with Gasteiger partial charge in [-0.3, -0.25) is 10.1 Å². The molecule has 0 bridgehead atoms. The molecule has 0 aliphatic rings. The van der Waals surface area contributed by atoms with Crippen molar-refractivity contribution in [3.05, 3.63) is 89.5 Å². The van der Waals surface area contributed by atoms with Crippen molar-refractivity contribution in [2.75, 3.05) is 5.32 Å². The number of nitrogens with zero attached hydrogens (tertiary/aromatic N) is 2. The summed E-state index contributed by atoms with van der Waals surface area (Å²) in [6.07, 6.45) is -0.0812. The zero-order valence-electron chi connectivity index (χ0n) is 19.4. The highest BCUT2D eigenvalue weighted by Crippen LogP contribution is 2.34. The summed E-state index contributed by atoms with van der Waals surface area (Å²) in [6.45, 7) is 3.27. The standard InChI is InChI=1S/C26H22FN3O5S/c1-15-24(29-26(33)34-16(2)20-5-3-4-6-21(20)27)25(35-30-15)18-8-10-19(11-9-18)36-22-12-7-17(14-28-22)13-23(31)32/h3-12,14,16H,13H2,1-2H3,(H,29,33)(H,31,32). The maximum Gasteiger partial charge on any atom is 0.412 e. The van der Waals surface area contributed by atoms with Gasteiger partial charge < -0.3 is 14.4 Å². The smallest absolute Gasteiger partial charge is 0.412 e. The lowest BCUT2D eigenvalue weighted by atomic mass is 10.1. The molecule has 0 saturated heterocycles. The summed E-state index contributed by atoms with van der Waals surface area (Å²) in [4.78, 5) is 28.5. The van der Waals surface area contributed by atoms with Crippen LogP contribution in [0.15, 0.2) is 81.3 Å². The summed E-state index contributed by atoms with van der Waals surface area (Å²) < 4.78 is 24.8. The van der Waals surface area contributed by atoms with Gasteiger partial charge in [-0.1, -0.05) is 41.2 Å². The fraction of sp³-hybridized carbons (Fsp3) is 0.154. The molecule has 4 rings (SSSR count). The molecule has 0 radical (unpaired) electrons. The molecule has 0 spiro atoms. The number of rotatable bonds is 8. The Morgan fingerprint density at radius 1 is 1.14 bits per heavy atom. The summed E-state index contributed by atoms with van der Waals surface area (Å²) in [5.41, 5.74) is 2.40. The monoisotopic (exact) mass is 507 g/mol. The molecule has 184 valence electrons. The van der Waals surface area contributed by atoms with E-state index in [1.165, 1.54) is 17.8 Å². The zero-order valence-corrected chi connectivity index (χ0v) is 20.2. The summed E-state index contributed by atoms with van der Waals surface area (Å²) in [5.74, 6) is -1.00. The highest BCUT2D eigenvalue weighted by Gasteiger charge is 2.21. The Morgan fingerprint density at radius 2 is 1.89 bits per heavy atom. The van der Waals surface area contributed by atoms with Crippen LogP contribution in [0.3, 0.4) is 0 Å². The van der Waals surface area contributed by atoms with Gasteiger partial charge in [0.05, 0.1) is 6.42 Å². The molecule has 2 heterocycles. The Kier molecular flexibility index (Phi) is 7.65.